The Bertz CT molecular complexity index is 883. The molecule has 2 N–H and O–H groups in total. The number of amides is 2. The maximum Gasteiger partial charge on any atom is 0.342 e. The number of carbonyl (C=O) groups excluding carboxylic acids is 3. The lowest BCUT2D eigenvalue weighted by Gasteiger charge is -2.21. The number of nitrogens with one attached hydrogen (secondary N) is 1. The Labute approximate surface area is 167 Å². The van der Waals surface area contributed by atoms with Crippen molar-refractivity contribution in [2.24, 2.45) is 0 Å². The molecule has 2 aromatic carbocycles. The SMILES string of the molecule is Cc1ccc(NC(=O)CN(C)C(=O)[C@H](C)OC(=O)c2cc(Cl)ccc2O)cc1. The van der Waals surface area contributed by atoms with Gasteiger partial charge in [0, 0.05) is 17.8 Å². The molecule has 0 aliphatic heterocycles. The summed E-state index contributed by atoms with van der Waals surface area (Å²) >= 11 is 5.80. The molecule has 0 spiro atoms. The number of hydrogen-bond donors (Lipinski definition) is 2. The summed E-state index contributed by atoms with van der Waals surface area (Å²) in [6, 6.07) is 11.2. The zero-order valence-corrected chi connectivity index (χ0v) is 16.5. The third-order valence-electron chi connectivity index (χ3n) is 3.90. The Morgan fingerprint density at radius 1 is 1.18 bits per heavy atom. The normalized spacial score (nSPS) is 11.4. The van der Waals surface area contributed by atoms with Gasteiger partial charge in [0.25, 0.3) is 5.91 Å². The number of nitrogens with zero attached hydrogens (tertiary/aromatic N) is 1. The lowest BCUT2D eigenvalue weighted by Crippen LogP contribution is -2.41. The van der Waals surface area contributed by atoms with Crippen LogP contribution < -0.4 is 5.32 Å². The van der Waals surface area contributed by atoms with Crippen LogP contribution in [0.5, 0.6) is 5.75 Å². The molecule has 0 fully saturated rings. The maximum absolute atomic E-state index is 12.4. The number of aryl methyl sites for hydroxylation is 1. The van der Waals surface area contributed by atoms with Gasteiger partial charge in [-0.3, -0.25) is 9.59 Å². The van der Waals surface area contributed by atoms with Gasteiger partial charge in [0.2, 0.25) is 5.91 Å². The van der Waals surface area contributed by atoms with Crippen LogP contribution in [0.25, 0.3) is 0 Å². The van der Waals surface area contributed by atoms with Gasteiger partial charge in [-0.1, -0.05) is 29.3 Å². The van der Waals surface area contributed by atoms with Crippen molar-refractivity contribution in [3.8, 4) is 5.75 Å². The molecule has 0 saturated carbocycles. The van der Waals surface area contributed by atoms with Crippen molar-refractivity contribution in [1.29, 1.82) is 0 Å². The van der Waals surface area contributed by atoms with Gasteiger partial charge in [0.15, 0.2) is 6.10 Å². The molecule has 2 rings (SSSR count). The van der Waals surface area contributed by atoms with Gasteiger partial charge in [-0.15, -0.1) is 0 Å². The van der Waals surface area contributed by atoms with E-state index in [1.54, 1.807) is 12.1 Å². The minimum atomic E-state index is -1.15. The number of ether oxygens (including phenoxy) is 1. The number of carbonyl (C=O) groups is 3. The highest BCUT2D eigenvalue weighted by atomic mass is 35.5. The third kappa shape index (κ3) is 5.72. The summed E-state index contributed by atoms with van der Waals surface area (Å²) in [5.41, 5.74) is 1.53. The smallest absolute Gasteiger partial charge is 0.342 e. The van der Waals surface area contributed by atoms with E-state index in [9.17, 15) is 19.5 Å². The molecule has 148 valence electrons. The quantitative estimate of drug-likeness (QED) is 0.721. The van der Waals surface area contributed by atoms with Gasteiger partial charge in [-0.2, -0.15) is 0 Å². The molecular formula is C20H21ClN2O5. The lowest BCUT2D eigenvalue weighted by atomic mass is 10.2. The second kappa shape index (κ2) is 9.23. The standard InChI is InChI=1S/C20H21ClN2O5/c1-12-4-7-15(8-5-12)22-18(25)11-23(3)19(26)13(2)28-20(27)16-10-14(21)6-9-17(16)24/h4-10,13,24H,11H2,1-3H3,(H,22,25)/t13-/m0/s1. The monoisotopic (exact) mass is 404 g/mol. The van der Waals surface area contributed by atoms with Crippen LogP contribution in [0, 0.1) is 6.92 Å². The fourth-order valence-electron chi connectivity index (χ4n) is 2.39. The molecule has 28 heavy (non-hydrogen) atoms. The highest BCUT2D eigenvalue weighted by molar-refractivity contribution is 6.31. The van der Waals surface area contributed by atoms with E-state index >= 15 is 0 Å². The fourth-order valence-corrected chi connectivity index (χ4v) is 2.56. The van der Waals surface area contributed by atoms with Gasteiger partial charge >= 0.3 is 5.97 Å². The zero-order valence-electron chi connectivity index (χ0n) is 15.7. The molecule has 2 amide bonds. The number of phenolic OH excluding ortho intramolecular Hbond substituents is 1. The third-order valence-corrected chi connectivity index (χ3v) is 4.14. The summed E-state index contributed by atoms with van der Waals surface area (Å²) in [5.74, 6) is -2.14. The van der Waals surface area contributed by atoms with E-state index < -0.39 is 18.0 Å². The predicted octanol–water partition coefficient (Wildman–Crippen LogP) is 3.00. The molecule has 0 aliphatic rings. The van der Waals surface area contributed by atoms with Gasteiger partial charge in [0.05, 0.1) is 6.54 Å². The Morgan fingerprint density at radius 3 is 2.46 bits per heavy atom. The lowest BCUT2D eigenvalue weighted by molar-refractivity contribution is -0.140. The van der Waals surface area contributed by atoms with Crippen LogP contribution >= 0.6 is 11.6 Å². The van der Waals surface area contributed by atoms with Crippen LogP contribution in [0.1, 0.15) is 22.8 Å². The number of hydrogen-bond acceptors (Lipinski definition) is 5. The van der Waals surface area contributed by atoms with Crippen LogP contribution in [-0.2, 0) is 14.3 Å². The Balaban J connectivity index is 1.92. The van der Waals surface area contributed by atoms with Crippen molar-refractivity contribution in [1.82, 2.24) is 4.90 Å². The summed E-state index contributed by atoms with van der Waals surface area (Å²) in [5, 5.41) is 12.7. The molecule has 8 heteroatoms. The number of rotatable bonds is 6. The Morgan fingerprint density at radius 2 is 1.82 bits per heavy atom. The first kappa shape index (κ1) is 21.2. The first-order valence-corrected chi connectivity index (χ1v) is 8.86. The molecule has 0 saturated heterocycles. The summed E-state index contributed by atoms with van der Waals surface area (Å²) < 4.78 is 5.09. The molecule has 0 aliphatic carbocycles. The fraction of sp³-hybridized carbons (Fsp3) is 0.250. The molecular weight excluding hydrogens is 384 g/mol. The van der Waals surface area contributed by atoms with Crippen LogP contribution in [0.2, 0.25) is 5.02 Å². The molecule has 0 radical (unpaired) electrons. The first-order valence-electron chi connectivity index (χ1n) is 8.48. The molecule has 0 heterocycles. The molecule has 1 atom stereocenters. The summed E-state index contributed by atoms with van der Waals surface area (Å²) in [7, 11) is 1.43. The van der Waals surface area contributed by atoms with E-state index in [1.807, 2.05) is 19.1 Å². The topological polar surface area (TPSA) is 95.9 Å². The van der Waals surface area contributed by atoms with Gasteiger partial charge in [-0.05, 0) is 44.2 Å². The second-order valence-electron chi connectivity index (χ2n) is 6.32. The van der Waals surface area contributed by atoms with Crippen molar-refractivity contribution in [3.05, 3.63) is 58.6 Å². The number of esters is 1. The van der Waals surface area contributed by atoms with Crippen LogP contribution in [0.3, 0.4) is 0 Å². The molecule has 0 aromatic heterocycles. The van der Waals surface area contributed by atoms with Gasteiger partial charge in [0.1, 0.15) is 11.3 Å². The number of likely N-dealkylation sites (N-methyl/N-ethyl adjacent to an activating group) is 1. The first-order chi connectivity index (χ1) is 13.2. The summed E-state index contributed by atoms with van der Waals surface area (Å²) in [6.07, 6.45) is -1.15. The summed E-state index contributed by atoms with van der Waals surface area (Å²) in [4.78, 5) is 37.8. The second-order valence-corrected chi connectivity index (χ2v) is 6.75. The summed E-state index contributed by atoms with van der Waals surface area (Å²) in [6.45, 7) is 3.11. The maximum atomic E-state index is 12.4. The van der Waals surface area contributed by atoms with Crippen molar-refractivity contribution in [3.63, 3.8) is 0 Å². The van der Waals surface area contributed by atoms with E-state index in [0.29, 0.717) is 5.69 Å². The van der Waals surface area contributed by atoms with Crippen molar-refractivity contribution in [2.75, 3.05) is 18.9 Å². The highest BCUT2D eigenvalue weighted by Gasteiger charge is 2.25. The van der Waals surface area contributed by atoms with E-state index in [-0.39, 0.29) is 28.8 Å². The van der Waals surface area contributed by atoms with Crippen LogP contribution in [0.15, 0.2) is 42.5 Å². The highest BCUT2D eigenvalue weighted by Crippen LogP contribution is 2.22. The van der Waals surface area contributed by atoms with Gasteiger partial charge in [-0.25, -0.2) is 4.79 Å². The van der Waals surface area contributed by atoms with E-state index in [0.717, 1.165) is 10.5 Å². The average Bonchev–Trinajstić information content (AvgIpc) is 2.64. The average molecular weight is 405 g/mol. The zero-order chi connectivity index (χ0) is 20.8. The minimum absolute atomic E-state index is 0.146. The Hall–Kier alpha value is -3.06. The largest absolute Gasteiger partial charge is 0.507 e. The molecule has 2 aromatic rings. The van der Waals surface area contributed by atoms with Crippen molar-refractivity contribution < 1.29 is 24.2 Å². The van der Waals surface area contributed by atoms with Crippen LogP contribution in [0.4, 0.5) is 5.69 Å². The van der Waals surface area contributed by atoms with Crippen LogP contribution in [-0.4, -0.2) is 47.5 Å². The molecule has 7 nitrogen and oxygen atoms in total. The molecule has 0 bridgehead atoms. The predicted molar refractivity (Wildman–Crippen MR) is 105 cm³/mol. The van der Waals surface area contributed by atoms with Crippen molar-refractivity contribution >= 4 is 35.1 Å². The van der Waals surface area contributed by atoms with Gasteiger partial charge < -0.3 is 20.1 Å². The number of benzene rings is 2. The van der Waals surface area contributed by atoms with E-state index in [4.69, 9.17) is 16.3 Å². The molecule has 0 unspecified atom stereocenters. The van der Waals surface area contributed by atoms with E-state index in [1.165, 1.54) is 32.2 Å². The Kier molecular flexibility index (Phi) is 7.00. The van der Waals surface area contributed by atoms with E-state index in [2.05, 4.69) is 5.32 Å². The number of phenols is 1. The number of aromatic hydroxyl groups is 1. The number of anilines is 1. The van der Waals surface area contributed by atoms with Crippen molar-refractivity contribution in [2.45, 2.75) is 20.0 Å². The minimum Gasteiger partial charge on any atom is -0.507 e. The number of halogens is 1.